The first-order valence-corrected chi connectivity index (χ1v) is 10.8. The van der Waals surface area contributed by atoms with Crippen LogP contribution in [-0.2, 0) is 14.9 Å². The first kappa shape index (κ1) is 18.5. The Labute approximate surface area is 172 Å². The Morgan fingerprint density at radius 1 is 1.41 bits per heavy atom. The van der Waals surface area contributed by atoms with Gasteiger partial charge in [0, 0.05) is 12.7 Å². The highest BCUT2D eigenvalue weighted by molar-refractivity contribution is 7.13. The molecule has 0 aromatic carbocycles. The summed E-state index contributed by atoms with van der Waals surface area (Å²) in [5, 5.41) is 17.2. The number of fused-ring (bicyclic) bond motifs is 1. The molecule has 1 aliphatic heterocycles. The van der Waals surface area contributed by atoms with Crippen molar-refractivity contribution in [2.75, 3.05) is 24.7 Å². The van der Waals surface area contributed by atoms with Gasteiger partial charge in [-0.1, -0.05) is 12.8 Å². The zero-order valence-corrected chi connectivity index (χ0v) is 17.0. The zero-order chi connectivity index (χ0) is 20.0. The fourth-order valence-electron chi connectivity index (χ4n) is 4.62. The van der Waals surface area contributed by atoms with Crippen molar-refractivity contribution in [1.29, 1.82) is 0 Å². The van der Waals surface area contributed by atoms with Crippen LogP contribution in [0.4, 0.5) is 5.82 Å². The van der Waals surface area contributed by atoms with Crippen molar-refractivity contribution in [3.63, 3.8) is 0 Å². The predicted molar refractivity (Wildman–Crippen MR) is 110 cm³/mol. The molecule has 3 aromatic rings. The number of carboxylic acid groups (broad SMARTS) is 1. The summed E-state index contributed by atoms with van der Waals surface area (Å²) in [4.78, 5) is 19.6. The summed E-state index contributed by atoms with van der Waals surface area (Å²) in [7, 11) is 0. The predicted octanol–water partition coefficient (Wildman–Crippen LogP) is 3.20. The topological polar surface area (TPSA) is 104 Å². The van der Waals surface area contributed by atoms with Crippen LogP contribution in [0.2, 0.25) is 0 Å². The number of morpholine rings is 1. The van der Waals surface area contributed by atoms with Gasteiger partial charge in [0.1, 0.15) is 17.0 Å². The molecule has 2 fully saturated rings. The molecule has 0 bridgehead atoms. The molecule has 1 saturated heterocycles. The second kappa shape index (κ2) is 7.07. The number of nitrogens with zero attached hydrogens (tertiary/aromatic N) is 4. The molecule has 0 unspecified atom stereocenters. The van der Waals surface area contributed by atoms with Gasteiger partial charge in [-0.2, -0.15) is 9.47 Å². The standard InChI is InChI=1S/C20H23N5O3S/c1-12-11-28-9-8-25(12)15-10-13(20(19(26)27)5-2-3-6-20)18-17(22-15)16(24-29-18)14-4-7-21-23-14/h4,7,10,12H,2-3,5-6,8-9,11H2,1H3,(H,21,23)(H,26,27)/t12-/m1/s1. The minimum Gasteiger partial charge on any atom is -0.481 e. The molecule has 2 N–H and O–H groups in total. The molecule has 8 nitrogen and oxygen atoms in total. The van der Waals surface area contributed by atoms with Gasteiger partial charge >= 0.3 is 5.97 Å². The van der Waals surface area contributed by atoms with Crippen molar-refractivity contribution >= 4 is 33.5 Å². The fourth-order valence-corrected chi connectivity index (χ4v) is 5.57. The molecule has 1 atom stereocenters. The largest absolute Gasteiger partial charge is 0.481 e. The van der Waals surface area contributed by atoms with Crippen molar-refractivity contribution in [2.24, 2.45) is 0 Å². The summed E-state index contributed by atoms with van der Waals surface area (Å²) >= 11 is 1.33. The first-order chi connectivity index (χ1) is 14.1. The van der Waals surface area contributed by atoms with E-state index in [0.717, 1.165) is 52.4 Å². The van der Waals surface area contributed by atoms with Crippen LogP contribution in [0.15, 0.2) is 18.3 Å². The van der Waals surface area contributed by atoms with E-state index in [1.165, 1.54) is 11.5 Å². The lowest BCUT2D eigenvalue weighted by Crippen LogP contribution is -2.44. The van der Waals surface area contributed by atoms with Gasteiger partial charge in [0.05, 0.1) is 35.1 Å². The minimum absolute atomic E-state index is 0.174. The van der Waals surface area contributed by atoms with Crippen LogP contribution in [-0.4, -0.2) is 56.4 Å². The molecule has 3 aromatic heterocycles. The maximum Gasteiger partial charge on any atom is 0.314 e. The zero-order valence-electron chi connectivity index (χ0n) is 16.2. The number of rotatable bonds is 4. The third kappa shape index (κ3) is 2.91. The molecule has 0 radical (unpaired) electrons. The molecule has 5 rings (SSSR count). The molecule has 0 spiro atoms. The SMILES string of the molecule is C[C@@H]1COCCN1c1cc(C2(C(=O)O)CCCC2)c2snc(-c3ccn[nH]3)c2n1. The molecule has 152 valence electrons. The third-order valence-electron chi connectivity index (χ3n) is 6.21. The maximum atomic E-state index is 12.5. The van der Waals surface area contributed by atoms with Crippen molar-refractivity contribution in [1.82, 2.24) is 19.6 Å². The number of carbonyl (C=O) groups is 1. The first-order valence-electron chi connectivity index (χ1n) is 9.98. The van der Waals surface area contributed by atoms with E-state index >= 15 is 0 Å². The number of aromatic nitrogens is 4. The van der Waals surface area contributed by atoms with Crippen molar-refractivity contribution in [3.05, 3.63) is 23.9 Å². The highest BCUT2D eigenvalue weighted by Gasteiger charge is 2.45. The van der Waals surface area contributed by atoms with Crippen LogP contribution in [0.1, 0.15) is 38.2 Å². The van der Waals surface area contributed by atoms with Gasteiger partial charge < -0.3 is 14.7 Å². The van der Waals surface area contributed by atoms with Gasteiger partial charge in [0.25, 0.3) is 0 Å². The van der Waals surface area contributed by atoms with Gasteiger partial charge in [0.15, 0.2) is 0 Å². The summed E-state index contributed by atoms with van der Waals surface area (Å²) in [5.41, 5.74) is 2.24. The van der Waals surface area contributed by atoms with Gasteiger partial charge in [-0.25, -0.2) is 4.98 Å². The number of carboxylic acids is 1. The highest BCUT2D eigenvalue weighted by Crippen LogP contribution is 2.47. The number of nitrogens with one attached hydrogen (secondary N) is 1. The number of anilines is 1. The number of aliphatic carboxylic acids is 1. The number of aromatic amines is 1. The average Bonchev–Trinajstić information content (AvgIpc) is 3.47. The Balaban J connectivity index is 1.76. The Hall–Kier alpha value is -2.52. The lowest BCUT2D eigenvalue weighted by Gasteiger charge is -2.35. The molecule has 0 amide bonds. The quantitative estimate of drug-likeness (QED) is 0.677. The Morgan fingerprint density at radius 2 is 2.24 bits per heavy atom. The van der Waals surface area contributed by atoms with Crippen molar-refractivity contribution in [2.45, 2.75) is 44.1 Å². The summed E-state index contributed by atoms with van der Waals surface area (Å²) < 4.78 is 11.1. The van der Waals surface area contributed by atoms with Crippen LogP contribution >= 0.6 is 11.5 Å². The molecule has 1 saturated carbocycles. The second-order valence-electron chi connectivity index (χ2n) is 7.92. The van der Waals surface area contributed by atoms with Crippen LogP contribution in [0.3, 0.4) is 0 Å². The Kier molecular flexibility index (Phi) is 4.51. The monoisotopic (exact) mass is 413 g/mol. The summed E-state index contributed by atoms with van der Waals surface area (Å²) in [6.45, 7) is 4.11. The van der Waals surface area contributed by atoms with E-state index in [9.17, 15) is 9.90 Å². The van der Waals surface area contributed by atoms with Crippen LogP contribution in [0, 0.1) is 0 Å². The normalized spacial score (nSPS) is 21.7. The third-order valence-corrected chi connectivity index (χ3v) is 7.08. The van der Waals surface area contributed by atoms with Crippen LogP contribution in [0.25, 0.3) is 21.6 Å². The lowest BCUT2D eigenvalue weighted by molar-refractivity contribution is -0.143. The Bertz CT molecular complexity index is 1040. The smallest absolute Gasteiger partial charge is 0.314 e. The molecule has 1 aliphatic carbocycles. The van der Waals surface area contributed by atoms with Gasteiger partial charge in [-0.3, -0.25) is 9.89 Å². The van der Waals surface area contributed by atoms with E-state index in [0.29, 0.717) is 26.1 Å². The fraction of sp³-hybridized carbons (Fsp3) is 0.500. The van der Waals surface area contributed by atoms with Gasteiger partial charge in [0.2, 0.25) is 0 Å². The number of hydrogen-bond donors (Lipinski definition) is 2. The van der Waals surface area contributed by atoms with E-state index in [-0.39, 0.29) is 6.04 Å². The summed E-state index contributed by atoms with van der Waals surface area (Å²) in [6.07, 6.45) is 4.83. The van der Waals surface area contributed by atoms with E-state index in [2.05, 4.69) is 26.4 Å². The lowest BCUT2D eigenvalue weighted by atomic mass is 9.79. The van der Waals surface area contributed by atoms with Gasteiger partial charge in [-0.05, 0) is 49.0 Å². The minimum atomic E-state index is -0.872. The van der Waals surface area contributed by atoms with Crippen molar-refractivity contribution in [3.8, 4) is 11.4 Å². The summed E-state index contributed by atoms with van der Waals surface area (Å²) in [5.74, 6) is 0.0526. The van der Waals surface area contributed by atoms with E-state index in [4.69, 9.17) is 9.72 Å². The number of H-pyrrole nitrogens is 1. The molecule has 9 heteroatoms. The van der Waals surface area contributed by atoms with Crippen LogP contribution < -0.4 is 4.90 Å². The number of hydrogen-bond acceptors (Lipinski definition) is 7. The van der Waals surface area contributed by atoms with E-state index in [1.54, 1.807) is 6.20 Å². The molecule has 29 heavy (non-hydrogen) atoms. The summed E-state index contributed by atoms with van der Waals surface area (Å²) in [6, 6.07) is 4.04. The van der Waals surface area contributed by atoms with Crippen LogP contribution in [0.5, 0.6) is 0 Å². The van der Waals surface area contributed by atoms with E-state index in [1.807, 2.05) is 12.1 Å². The molecule has 2 aliphatic rings. The number of ether oxygens (including phenoxy) is 1. The molecular weight excluding hydrogens is 390 g/mol. The molecular formula is C20H23N5O3S. The Morgan fingerprint density at radius 3 is 2.93 bits per heavy atom. The average molecular weight is 414 g/mol. The second-order valence-corrected chi connectivity index (χ2v) is 8.69. The number of pyridine rings is 1. The van der Waals surface area contributed by atoms with Gasteiger partial charge in [-0.15, -0.1) is 0 Å². The van der Waals surface area contributed by atoms with E-state index < -0.39 is 11.4 Å². The highest BCUT2D eigenvalue weighted by atomic mass is 32.1. The molecule has 4 heterocycles. The van der Waals surface area contributed by atoms with Crippen molar-refractivity contribution < 1.29 is 14.6 Å². The maximum absolute atomic E-state index is 12.5.